The predicted molar refractivity (Wildman–Crippen MR) is 97.9 cm³/mol. The molecular weight excluding hydrogens is 401 g/mol. The fourth-order valence-electron chi connectivity index (χ4n) is 2.42. The first-order chi connectivity index (χ1) is 12.7. The van der Waals surface area contributed by atoms with Crippen LogP contribution in [0.1, 0.15) is 11.4 Å². The van der Waals surface area contributed by atoms with Crippen LogP contribution in [0.3, 0.4) is 0 Å². The maximum atomic E-state index is 13.7. The van der Waals surface area contributed by atoms with Gasteiger partial charge in [0.25, 0.3) is 0 Å². The first kappa shape index (κ1) is 19.8. The molecule has 3 aromatic heterocycles. The van der Waals surface area contributed by atoms with Gasteiger partial charge in [0.2, 0.25) is 4.21 Å². The number of nitrogens with two attached hydrogens (primary N) is 1. The zero-order valence-electron chi connectivity index (χ0n) is 14.3. The molecule has 0 aliphatic rings. The lowest BCUT2D eigenvalue weighted by Crippen LogP contribution is -2.12. The van der Waals surface area contributed by atoms with E-state index < -0.39 is 22.9 Å². The van der Waals surface area contributed by atoms with Gasteiger partial charge < -0.3 is 15.0 Å². The molecule has 0 aromatic carbocycles. The van der Waals surface area contributed by atoms with E-state index in [9.17, 15) is 17.7 Å². The second-order valence-electron chi connectivity index (χ2n) is 5.60. The smallest absolute Gasteiger partial charge is 0.417 e. The van der Waals surface area contributed by atoms with Gasteiger partial charge in [0.1, 0.15) is 22.1 Å². The summed E-state index contributed by atoms with van der Waals surface area (Å²) in [6, 6.07) is 0.918. The normalized spacial score (nSPS) is 13.3. The third-order valence-electron chi connectivity index (χ3n) is 3.73. The summed E-state index contributed by atoms with van der Waals surface area (Å²) in [6.07, 6.45) is -1.83. The van der Waals surface area contributed by atoms with Crippen LogP contribution in [0, 0.1) is 6.92 Å². The van der Waals surface area contributed by atoms with Crippen LogP contribution in [0.2, 0.25) is 0 Å². The van der Waals surface area contributed by atoms with Crippen LogP contribution in [0.4, 0.5) is 18.9 Å². The fraction of sp³-hybridized carbons (Fsp3) is 0.312. The Morgan fingerprint density at radius 3 is 2.56 bits per heavy atom. The van der Waals surface area contributed by atoms with Crippen molar-refractivity contribution in [2.45, 2.75) is 17.3 Å². The molecule has 11 heteroatoms. The Morgan fingerprint density at radius 1 is 1.30 bits per heavy atom. The topological polar surface area (TPSA) is 97.0 Å². The molecule has 1 atom stereocenters. The molecule has 27 heavy (non-hydrogen) atoms. The Morgan fingerprint density at radius 2 is 1.96 bits per heavy atom. The van der Waals surface area contributed by atoms with Crippen molar-refractivity contribution in [3.63, 3.8) is 0 Å². The monoisotopic (exact) mass is 416 g/mol. The minimum atomic E-state index is -4.65. The highest BCUT2D eigenvalue weighted by molar-refractivity contribution is 7.93. The van der Waals surface area contributed by atoms with Crippen molar-refractivity contribution in [2.24, 2.45) is 0 Å². The summed E-state index contributed by atoms with van der Waals surface area (Å²) in [5.74, 6) is 0.625. The third-order valence-corrected chi connectivity index (χ3v) is 6.60. The number of anilines is 1. The summed E-state index contributed by atoms with van der Waals surface area (Å²) in [5.41, 5.74) is 5.27. The molecule has 0 aliphatic heterocycles. The van der Waals surface area contributed by atoms with E-state index >= 15 is 0 Å². The van der Waals surface area contributed by atoms with Crippen molar-refractivity contribution in [1.29, 1.82) is 0 Å². The number of nitrogen functional groups attached to an aromatic ring is 1. The maximum absolute atomic E-state index is 13.7. The number of hydrogen-bond acceptors (Lipinski definition) is 7. The molecule has 0 spiro atoms. The summed E-state index contributed by atoms with van der Waals surface area (Å²) < 4.78 is 58.4. The number of fused-ring (bicyclic) bond motifs is 1. The van der Waals surface area contributed by atoms with Crippen LogP contribution in [0.15, 0.2) is 22.7 Å². The molecule has 3 rings (SSSR count). The van der Waals surface area contributed by atoms with Gasteiger partial charge in [-0.15, -0.1) is 0 Å². The van der Waals surface area contributed by atoms with Crippen LogP contribution in [0.5, 0.6) is 0 Å². The summed E-state index contributed by atoms with van der Waals surface area (Å²) >= 11 is -0.688. The van der Waals surface area contributed by atoms with Gasteiger partial charge >= 0.3 is 6.18 Å². The van der Waals surface area contributed by atoms with Crippen molar-refractivity contribution < 1.29 is 22.5 Å². The van der Waals surface area contributed by atoms with E-state index in [2.05, 4.69) is 15.0 Å². The highest BCUT2D eigenvalue weighted by Crippen LogP contribution is 2.45. The summed E-state index contributed by atoms with van der Waals surface area (Å²) in [4.78, 5) is 12.3. The summed E-state index contributed by atoms with van der Waals surface area (Å²) in [7, 11) is 1.45. The zero-order chi connectivity index (χ0) is 19.8. The lowest BCUT2D eigenvalue weighted by molar-refractivity contribution is -0.136. The number of pyridine rings is 1. The number of hydrogen-bond donors (Lipinski definition) is 1. The molecular formula is C16H15F3N4O2S2. The van der Waals surface area contributed by atoms with E-state index in [1.807, 2.05) is 0 Å². The van der Waals surface area contributed by atoms with E-state index in [1.165, 1.54) is 19.5 Å². The molecule has 3 aromatic rings. The third kappa shape index (κ3) is 4.00. The van der Waals surface area contributed by atoms with E-state index in [1.54, 1.807) is 6.92 Å². The molecule has 144 valence electrons. The number of rotatable bonds is 5. The molecule has 3 heterocycles. The van der Waals surface area contributed by atoms with Crippen LogP contribution in [0.25, 0.3) is 21.5 Å². The van der Waals surface area contributed by atoms with Crippen LogP contribution in [-0.2, 0) is 22.1 Å². The maximum Gasteiger partial charge on any atom is 0.417 e. The van der Waals surface area contributed by atoms with Gasteiger partial charge in [-0.1, -0.05) is 11.3 Å². The number of aryl methyl sites for hydroxylation is 1. The molecule has 2 N–H and O–H groups in total. The minimum absolute atomic E-state index is 0.0682. The lowest BCUT2D eigenvalue weighted by atomic mass is 10.1. The molecule has 1 unspecified atom stereocenters. The first-order valence-corrected chi connectivity index (χ1v) is 9.82. The van der Waals surface area contributed by atoms with Gasteiger partial charge in [-0.3, -0.25) is 0 Å². The van der Waals surface area contributed by atoms with Crippen molar-refractivity contribution in [3.05, 3.63) is 29.8 Å². The SMILES string of the molecule is COCC[S+]([O-])c1sc2nc(-c3cnc(C)nc3)cc(C(F)(F)F)c2c1N. The molecule has 0 amide bonds. The number of halogens is 3. The Bertz CT molecular complexity index is 961. The quantitative estimate of drug-likeness (QED) is 0.640. The molecule has 0 saturated carbocycles. The molecule has 0 aliphatic carbocycles. The fourth-order valence-corrected chi connectivity index (χ4v) is 4.98. The van der Waals surface area contributed by atoms with Gasteiger partial charge in [0, 0.05) is 36.2 Å². The number of nitrogens with zero attached hydrogens (tertiary/aromatic N) is 3. The van der Waals surface area contributed by atoms with Crippen LogP contribution >= 0.6 is 11.3 Å². The van der Waals surface area contributed by atoms with Gasteiger partial charge in [0.05, 0.1) is 23.3 Å². The van der Waals surface area contributed by atoms with Crippen LogP contribution < -0.4 is 5.73 Å². The second-order valence-corrected chi connectivity index (χ2v) is 8.36. The number of alkyl halides is 3. The van der Waals surface area contributed by atoms with E-state index in [0.29, 0.717) is 11.4 Å². The summed E-state index contributed by atoms with van der Waals surface area (Å²) in [6.45, 7) is 1.87. The van der Waals surface area contributed by atoms with E-state index in [4.69, 9.17) is 10.5 Å². The summed E-state index contributed by atoms with van der Waals surface area (Å²) in [5, 5.41) is -0.231. The van der Waals surface area contributed by atoms with E-state index in [0.717, 1.165) is 17.4 Å². The van der Waals surface area contributed by atoms with Gasteiger partial charge in [0.15, 0.2) is 0 Å². The average Bonchev–Trinajstić information content (AvgIpc) is 2.95. The number of aromatic nitrogens is 3. The second kappa shape index (κ2) is 7.58. The molecule has 0 radical (unpaired) electrons. The molecule has 6 nitrogen and oxygen atoms in total. The average molecular weight is 416 g/mol. The Labute approximate surface area is 159 Å². The number of methoxy groups -OCH3 is 1. The molecule has 0 bridgehead atoms. The van der Waals surface area contributed by atoms with Crippen molar-refractivity contribution in [3.8, 4) is 11.3 Å². The standard InChI is InChI=1S/C16H15F3N4O2S2/c1-8-21-6-9(7-22-8)11-5-10(16(17,18)19)12-13(20)15(26-14(12)23-11)27(24)4-3-25-2/h5-7H,3-4,20H2,1-2H3. The first-order valence-electron chi connectivity index (χ1n) is 7.69. The Balaban J connectivity index is 2.20. The predicted octanol–water partition coefficient (Wildman–Crippen LogP) is 3.42. The van der Waals surface area contributed by atoms with Gasteiger partial charge in [-0.05, 0) is 13.0 Å². The highest BCUT2D eigenvalue weighted by Gasteiger charge is 2.37. The van der Waals surface area contributed by atoms with Gasteiger partial charge in [-0.25, -0.2) is 15.0 Å². The van der Waals surface area contributed by atoms with Gasteiger partial charge in [-0.2, -0.15) is 13.2 Å². The lowest BCUT2D eigenvalue weighted by Gasteiger charge is -2.11. The minimum Gasteiger partial charge on any atom is -0.611 e. The Hall–Kier alpha value is -1.95. The van der Waals surface area contributed by atoms with Crippen molar-refractivity contribution >= 4 is 38.4 Å². The highest BCUT2D eigenvalue weighted by atomic mass is 32.2. The van der Waals surface area contributed by atoms with Crippen LogP contribution in [-0.4, -0.2) is 39.0 Å². The molecule has 0 saturated heterocycles. The largest absolute Gasteiger partial charge is 0.611 e. The number of thiophene rings is 1. The zero-order valence-corrected chi connectivity index (χ0v) is 16.0. The number of ether oxygens (including phenoxy) is 1. The molecule has 0 fully saturated rings. The van der Waals surface area contributed by atoms with E-state index in [-0.39, 0.29) is 38.2 Å². The van der Waals surface area contributed by atoms with Crippen molar-refractivity contribution in [2.75, 3.05) is 25.2 Å². The van der Waals surface area contributed by atoms with Crippen molar-refractivity contribution in [1.82, 2.24) is 15.0 Å². The Kier molecular flexibility index (Phi) is 5.56.